The number of nitrogen functional groups attached to an aromatic ring is 1. The second kappa shape index (κ2) is 5.16. The van der Waals surface area contributed by atoms with Gasteiger partial charge in [-0.2, -0.15) is 0 Å². The number of anilines is 2. The first-order valence-corrected chi connectivity index (χ1v) is 6.26. The van der Waals surface area contributed by atoms with Crippen LogP contribution in [0.25, 0.3) is 0 Å². The van der Waals surface area contributed by atoms with E-state index in [4.69, 9.17) is 10.6 Å². The quantitative estimate of drug-likeness (QED) is 0.565. The van der Waals surface area contributed by atoms with Crippen molar-refractivity contribution in [3.8, 4) is 0 Å². The molecule has 0 unspecified atom stereocenters. The van der Waals surface area contributed by atoms with Gasteiger partial charge in [0.25, 0.3) is 0 Å². The van der Waals surface area contributed by atoms with E-state index in [-0.39, 0.29) is 5.60 Å². The molecule has 7 heteroatoms. The number of methoxy groups -OCH3 is 1. The minimum Gasteiger partial charge on any atom is -0.376 e. The molecular formula is C10H16BrN5O. The molecule has 0 atom stereocenters. The predicted octanol–water partition coefficient (Wildman–Crippen LogP) is 1.51. The Morgan fingerprint density at radius 1 is 1.47 bits per heavy atom. The van der Waals surface area contributed by atoms with Crippen LogP contribution in [0.2, 0.25) is 0 Å². The Hall–Kier alpha value is -0.920. The smallest absolute Gasteiger partial charge is 0.159 e. The van der Waals surface area contributed by atoms with Gasteiger partial charge in [-0.25, -0.2) is 15.8 Å². The zero-order chi connectivity index (χ0) is 12.3. The van der Waals surface area contributed by atoms with Gasteiger partial charge in [0.2, 0.25) is 0 Å². The highest BCUT2D eigenvalue weighted by molar-refractivity contribution is 9.10. The van der Waals surface area contributed by atoms with E-state index in [1.54, 1.807) is 7.11 Å². The number of nitrogens with one attached hydrogen (secondary N) is 2. The van der Waals surface area contributed by atoms with Gasteiger partial charge in [0, 0.05) is 13.7 Å². The number of nitrogens with two attached hydrogens (primary N) is 1. The Labute approximate surface area is 108 Å². The van der Waals surface area contributed by atoms with Crippen LogP contribution in [0.3, 0.4) is 0 Å². The maximum Gasteiger partial charge on any atom is 0.159 e. The normalized spacial score (nSPS) is 17.4. The van der Waals surface area contributed by atoms with Crippen LogP contribution >= 0.6 is 15.9 Å². The summed E-state index contributed by atoms with van der Waals surface area (Å²) in [6.45, 7) is 0.739. The third kappa shape index (κ3) is 2.51. The molecule has 0 aromatic carbocycles. The van der Waals surface area contributed by atoms with Crippen molar-refractivity contribution in [1.29, 1.82) is 0 Å². The van der Waals surface area contributed by atoms with Crippen molar-refractivity contribution in [3.05, 3.63) is 10.8 Å². The molecule has 0 radical (unpaired) electrons. The van der Waals surface area contributed by atoms with Gasteiger partial charge in [0.1, 0.15) is 16.6 Å². The Balaban J connectivity index is 2.04. The molecule has 2 rings (SSSR count). The summed E-state index contributed by atoms with van der Waals surface area (Å²) in [5, 5.41) is 3.26. The number of hydrogen-bond acceptors (Lipinski definition) is 6. The third-order valence-corrected chi connectivity index (χ3v) is 3.95. The van der Waals surface area contributed by atoms with E-state index in [0.717, 1.165) is 29.7 Å². The van der Waals surface area contributed by atoms with Crippen molar-refractivity contribution in [3.63, 3.8) is 0 Å². The van der Waals surface area contributed by atoms with E-state index in [0.29, 0.717) is 5.82 Å². The zero-order valence-electron chi connectivity index (χ0n) is 9.66. The van der Waals surface area contributed by atoms with Crippen LogP contribution < -0.4 is 16.6 Å². The minimum absolute atomic E-state index is 0.0410. The van der Waals surface area contributed by atoms with Crippen LogP contribution in [0.4, 0.5) is 11.6 Å². The summed E-state index contributed by atoms with van der Waals surface area (Å²) < 4.78 is 6.26. The van der Waals surface area contributed by atoms with Crippen molar-refractivity contribution in [2.45, 2.75) is 24.9 Å². The zero-order valence-corrected chi connectivity index (χ0v) is 11.2. The van der Waals surface area contributed by atoms with E-state index in [2.05, 4.69) is 36.6 Å². The highest BCUT2D eigenvalue weighted by atomic mass is 79.9. The van der Waals surface area contributed by atoms with Gasteiger partial charge in [-0.1, -0.05) is 0 Å². The average molecular weight is 302 g/mol. The summed E-state index contributed by atoms with van der Waals surface area (Å²) in [5.74, 6) is 6.62. The molecule has 6 nitrogen and oxygen atoms in total. The van der Waals surface area contributed by atoms with Crippen molar-refractivity contribution < 1.29 is 4.74 Å². The molecule has 1 aliphatic carbocycles. The average Bonchev–Trinajstić information content (AvgIpc) is 2.30. The Kier molecular flexibility index (Phi) is 3.80. The molecule has 17 heavy (non-hydrogen) atoms. The SMILES string of the molecule is COC1(CNc2ncnc(NN)c2Br)CCC1. The summed E-state index contributed by atoms with van der Waals surface area (Å²) in [6, 6.07) is 0. The lowest BCUT2D eigenvalue weighted by molar-refractivity contribution is -0.0601. The van der Waals surface area contributed by atoms with E-state index < -0.39 is 0 Å². The van der Waals surface area contributed by atoms with E-state index in [9.17, 15) is 0 Å². The lowest BCUT2D eigenvalue weighted by atomic mass is 9.80. The lowest BCUT2D eigenvalue weighted by Crippen LogP contribution is -2.45. The van der Waals surface area contributed by atoms with Crippen molar-refractivity contribution in [2.75, 3.05) is 24.4 Å². The molecular weight excluding hydrogens is 286 g/mol. The van der Waals surface area contributed by atoms with Crippen LogP contribution in [-0.4, -0.2) is 29.2 Å². The van der Waals surface area contributed by atoms with Gasteiger partial charge in [0.05, 0.1) is 5.60 Å². The van der Waals surface area contributed by atoms with Gasteiger partial charge >= 0.3 is 0 Å². The van der Waals surface area contributed by atoms with E-state index in [1.807, 2.05) is 0 Å². The molecule has 0 aliphatic heterocycles. The molecule has 94 valence electrons. The maximum atomic E-state index is 5.53. The molecule has 1 aromatic rings. The summed E-state index contributed by atoms with van der Waals surface area (Å²) in [5.41, 5.74) is 2.46. The summed E-state index contributed by atoms with van der Waals surface area (Å²) >= 11 is 3.40. The fraction of sp³-hybridized carbons (Fsp3) is 0.600. The predicted molar refractivity (Wildman–Crippen MR) is 69.6 cm³/mol. The molecule has 1 fully saturated rings. The van der Waals surface area contributed by atoms with Crippen molar-refractivity contribution >= 4 is 27.6 Å². The van der Waals surface area contributed by atoms with Gasteiger partial charge in [0.15, 0.2) is 5.82 Å². The first kappa shape index (κ1) is 12.5. The summed E-state index contributed by atoms with van der Waals surface area (Å²) in [7, 11) is 1.75. The number of ether oxygens (including phenoxy) is 1. The lowest BCUT2D eigenvalue weighted by Gasteiger charge is -2.40. The van der Waals surface area contributed by atoms with E-state index >= 15 is 0 Å². The molecule has 0 saturated heterocycles. The molecule has 1 aliphatic rings. The second-order valence-electron chi connectivity index (χ2n) is 4.12. The van der Waals surface area contributed by atoms with Gasteiger partial charge < -0.3 is 15.5 Å². The van der Waals surface area contributed by atoms with Crippen LogP contribution in [0.15, 0.2) is 10.8 Å². The van der Waals surface area contributed by atoms with Crippen molar-refractivity contribution in [1.82, 2.24) is 9.97 Å². The standard InChI is InChI=1S/C10H16BrN5O/c1-17-10(3-2-4-10)5-13-8-7(11)9(16-12)15-6-14-8/h6H,2-5,12H2,1H3,(H2,13,14,15,16). The minimum atomic E-state index is -0.0410. The maximum absolute atomic E-state index is 5.53. The fourth-order valence-electron chi connectivity index (χ4n) is 1.86. The molecule has 0 bridgehead atoms. The molecule has 1 heterocycles. The molecule has 4 N–H and O–H groups in total. The Morgan fingerprint density at radius 3 is 2.71 bits per heavy atom. The monoisotopic (exact) mass is 301 g/mol. The first-order valence-electron chi connectivity index (χ1n) is 5.47. The van der Waals surface area contributed by atoms with Crippen LogP contribution in [0.1, 0.15) is 19.3 Å². The topological polar surface area (TPSA) is 85.1 Å². The number of halogens is 1. The number of aromatic nitrogens is 2. The van der Waals surface area contributed by atoms with E-state index in [1.165, 1.54) is 12.7 Å². The number of hydrazine groups is 1. The summed E-state index contributed by atoms with van der Waals surface area (Å²) in [6.07, 6.45) is 4.85. The van der Waals surface area contributed by atoms with Crippen LogP contribution in [0.5, 0.6) is 0 Å². The third-order valence-electron chi connectivity index (χ3n) is 3.20. The Morgan fingerprint density at radius 2 is 2.18 bits per heavy atom. The van der Waals surface area contributed by atoms with Crippen LogP contribution in [0, 0.1) is 0 Å². The second-order valence-corrected chi connectivity index (χ2v) is 4.92. The molecule has 1 aromatic heterocycles. The van der Waals surface area contributed by atoms with Crippen molar-refractivity contribution in [2.24, 2.45) is 5.84 Å². The molecule has 0 spiro atoms. The highest BCUT2D eigenvalue weighted by Crippen LogP contribution is 2.35. The summed E-state index contributed by atoms with van der Waals surface area (Å²) in [4.78, 5) is 8.15. The van der Waals surface area contributed by atoms with Crippen LogP contribution in [-0.2, 0) is 4.74 Å². The number of rotatable bonds is 5. The van der Waals surface area contributed by atoms with Gasteiger partial charge in [-0.3, -0.25) is 0 Å². The molecule has 0 amide bonds. The number of nitrogens with zero attached hydrogens (tertiary/aromatic N) is 2. The highest BCUT2D eigenvalue weighted by Gasteiger charge is 2.36. The van der Waals surface area contributed by atoms with Gasteiger partial charge in [-0.05, 0) is 35.2 Å². The first-order chi connectivity index (χ1) is 8.21. The largest absolute Gasteiger partial charge is 0.376 e. The number of hydrogen-bond donors (Lipinski definition) is 3. The van der Waals surface area contributed by atoms with Gasteiger partial charge in [-0.15, -0.1) is 0 Å². The Bertz CT molecular complexity index is 391. The molecule has 1 saturated carbocycles. The fourth-order valence-corrected chi connectivity index (χ4v) is 2.32.